The Labute approximate surface area is 155 Å². The molecule has 2 N–H and O–H groups in total. The summed E-state index contributed by atoms with van der Waals surface area (Å²) < 4.78 is 19.3. The maximum Gasteiger partial charge on any atom is 0.329 e. The lowest BCUT2D eigenvalue weighted by atomic mass is 10.2. The van der Waals surface area contributed by atoms with Gasteiger partial charge < -0.3 is 10.1 Å². The molecule has 2 rings (SSSR count). The molecule has 136 valence electrons. The topological polar surface area (TPSA) is 79.8 Å². The number of nitrogens with one attached hydrogen (secondary N) is 2. The fourth-order valence-electron chi connectivity index (χ4n) is 1.97. The highest BCUT2D eigenvalue weighted by Crippen LogP contribution is 2.23. The first-order valence-electron chi connectivity index (χ1n) is 7.78. The van der Waals surface area contributed by atoms with Crippen LogP contribution in [0.4, 0.5) is 4.39 Å². The summed E-state index contributed by atoms with van der Waals surface area (Å²) in [7, 11) is 0. The average Bonchev–Trinajstić information content (AvgIpc) is 2.62. The number of rotatable bonds is 6. The van der Waals surface area contributed by atoms with Crippen molar-refractivity contribution in [3.05, 3.63) is 64.4 Å². The molecule has 0 radical (unpaired) electrons. The van der Waals surface area contributed by atoms with Gasteiger partial charge in [-0.25, -0.2) is 9.82 Å². The Morgan fingerprint density at radius 2 is 2.00 bits per heavy atom. The highest BCUT2D eigenvalue weighted by molar-refractivity contribution is 6.35. The van der Waals surface area contributed by atoms with E-state index in [4.69, 9.17) is 16.3 Å². The molecular weight excluding hydrogens is 361 g/mol. The van der Waals surface area contributed by atoms with Crippen molar-refractivity contribution in [3.63, 3.8) is 0 Å². The number of hydrogen-bond donors (Lipinski definition) is 2. The summed E-state index contributed by atoms with van der Waals surface area (Å²) >= 11 is 5.96. The SMILES string of the molecule is CCNC(=O)C(=O)N/N=C\c1cc(Cl)ccc1OCc1ccccc1F. The summed E-state index contributed by atoms with van der Waals surface area (Å²) in [6, 6.07) is 11.1. The number of carbonyl (C=O) groups is 2. The van der Waals surface area contributed by atoms with Gasteiger partial charge in [0, 0.05) is 22.7 Å². The Balaban J connectivity index is 2.07. The van der Waals surface area contributed by atoms with Crippen LogP contribution >= 0.6 is 11.6 Å². The van der Waals surface area contributed by atoms with E-state index in [1.165, 1.54) is 12.3 Å². The molecule has 2 aromatic carbocycles. The van der Waals surface area contributed by atoms with E-state index in [-0.39, 0.29) is 12.4 Å². The summed E-state index contributed by atoms with van der Waals surface area (Å²) in [4.78, 5) is 22.8. The van der Waals surface area contributed by atoms with Crippen molar-refractivity contribution in [2.24, 2.45) is 5.10 Å². The second kappa shape index (κ2) is 9.53. The van der Waals surface area contributed by atoms with Crippen molar-refractivity contribution in [1.29, 1.82) is 0 Å². The molecule has 2 amide bonds. The molecule has 2 aromatic rings. The van der Waals surface area contributed by atoms with Crippen LogP contribution in [0.2, 0.25) is 5.02 Å². The van der Waals surface area contributed by atoms with Gasteiger partial charge in [0.25, 0.3) is 0 Å². The maximum absolute atomic E-state index is 13.7. The molecule has 0 aliphatic heterocycles. The molecule has 0 unspecified atom stereocenters. The van der Waals surface area contributed by atoms with E-state index in [1.807, 2.05) is 0 Å². The van der Waals surface area contributed by atoms with Gasteiger partial charge >= 0.3 is 11.8 Å². The van der Waals surface area contributed by atoms with E-state index >= 15 is 0 Å². The number of nitrogens with zero attached hydrogens (tertiary/aromatic N) is 1. The summed E-state index contributed by atoms with van der Waals surface area (Å²) in [5.41, 5.74) is 2.97. The molecule has 0 heterocycles. The van der Waals surface area contributed by atoms with Gasteiger partial charge in [-0.15, -0.1) is 0 Å². The summed E-state index contributed by atoms with van der Waals surface area (Å²) in [5, 5.41) is 6.50. The Hall–Kier alpha value is -2.93. The largest absolute Gasteiger partial charge is 0.488 e. The first-order chi connectivity index (χ1) is 12.5. The summed E-state index contributed by atoms with van der Waals surface area (Å²) in [6.45, 7) is 2.04. The first-order valence-corrected chi connectivity index (χ1v) is 8.16. The maximum atomic E-state index is 13.7. The molecule has 0 saturated carbocycles. The minimum atomic E-state index is -0.890. The van der Waals surface area contributed by atoms with Crippen molar-refractivity contribution in [2.45, 2.75) is 13.5 Å². The standard InChI is InChI=1S/C18H17ClFN3O3/c1-2-21-17(24)18(25)23-22-10-13-9-14(19)7-8-16(13)26-11-12-5-3-4-6-15(12)20/h3-10H,2,11H2,1H3,(H,21,24)(H,23,25)/b22-10-. The van der Waals surface area contributed by atoms with Gasteiger partial charge in [-0.2, -0.15) is 5.10 Å². The van der Waals surface area contributed by atoms with Crippen molar-refractivity contribution >= 4 is 29.6 Å². The number of ether oxygens (including phenoxy) is 1. The van der Waals surface area contributed by atoms with Gasteiger partial charge in [-0.1, -0.05) is 29.8 Å². The van der Waals surface area contributed by atoms with Crippen molar-refractivity contribution in [3.8, 4) is 5.75 Å². The fraction of sp³-hybridized carbons (Fsp3) is 0.167. The van der Waals surface area contributed by atoms with Crippen molar-refractivity contribution in [1.82, 2.24) is 10.7 Å². The van der Waals surface area contributed by atoms with Crippen LogP contribution in [-0.2, 0) is 16.2 Å². The van der Waals surface area contributed by atoms with E-state index in [1.54, 1.807) is 43.3 Å². The number of hydrogen-bond acceptors (Lipinski definition) is 4. The van der Waals surface area contributed by atoms with Gasteiger partial charge in [0.1, 0.15) is 18.2 Å². The van der Waals surface area contributed by atoms with Gasteiger partial charge in [-0.05, 0) is 31.2 Å². The third-order valence-corrected chi connectivity index (χ3v) is 3.46. The van der Waals surface area contributed by atoms with Gasteiger partial charge in [0.05, 0.1) is 6.21 Å². The predicted octanol–water partition coefficient (Wildman–Crippen LogP) is 2.64. The van der Waals surface area contributed by atoms with Crippen LogP contribution in [0, 0.1) is 5.82 Å². The van der Waals surface area contributed by atoms with Crippen molar-refractivity contribution in [2.75, 3.05) is 6.54 Å². The van der Waals surface area contributed by atoms with Crippen molar-refractivity contribution < 1.29 is 18.7 Å². The molecule has 8 heteroatoms. The quantitative estimate of drug-likeness (QED) is 0.461. The zero-order chi connectivity index (χ0) is 18.9. The van der Waals surface area contributed by atoms with Crippen LogP contribution in [0.15, 0.2) is 47.6 Å². The first kappa shape index (κ1) is 19.4. The van der Waals surface area contributed by atoms with E-state index < -0.39 is 11.8 Å². The lowest BCUT2D eigenvalue weighted by Crippen LogP contribution is -2.37. The van der Waals surface area contributed by atoms with E-state index in [0.717, 1.165) is 0 Å². The monoisotopic (exact) mass is 377 g/mol. The summed E-state index contributed by atoms with van der Waals surface area (Å²) in [5.74, 6) is -1.65. The zero-order valence-corrected chi connectivity index (χ0v) is 14.7. The van der Waals surface area contributed by atoms with Gasteiger partial charge in [0.2, 0.25) is 0 Å². The number of amides is 2. The van der Waals surface area contributed by atoms with Crippen LogP contribution in [0.3, 0.4) is 0 Å². The Kier molecular flexibility index (Phi) is 7.11. The number of carbonyl (C=O) groups excluding carboxylic acids is 2. The fourth-order valence-corrected chi connectivity index (χ4v) is 2.16. The minimum Gasteiger partial charge on any atom is -0.488 e. The van der Waals surface area contributed by atoms with Crippen LogP contribution in [0.5, 0.6) is 5.75 Å². The highest BCUT2D eigenvalue weighted by atomic mass is 35.5. The molecule has 6 nitrogen and oxygen atoms in total. The van der Waals surface area contributed by atoms with Crippen LogP contribution in [0.1, 0.15) is 18.1 Å². The second-order valence-electron chi connectivity index (χ2n) is 5.12. The molecule has 26 heavy (non-hydrogen) atoms. The number of hydrazone groups is 1. The number of halogens is 2. The van der Waals surface area contributed by atoms with E-state index in [9.17, 15) is 14.0 Å². The second-order valence-corrected chi connectivity index (χ2v) is 5.56. The average molecular weight is 378 g/mol. The minimum absolute atomic E-state index is 0.0143. The normalized spacial score (nSPS) is 10.6. The lowest BCUT2D eigenvalue weighted by molar-refractivity contribution is -0.139. The molecular formula is C18H17ClFN3O3. The van der Waals surface area contributed by atoms with Gasteiger partial charge in [0.15, 0.2) is 0 Å². The third-order valence-electron chi connectivity index (χ3n) is 3.23. The number of benzene rings is 2. The lowest BCUT2D eigenvalue weighted by Gasteiger charge is -2.10. The predicted molar refractivity (Wildman–Crippen MR) is 96.6 cm³/mol. The number of likely N-dealkylation sites (N-methyl/N-ethyl adjacent to an activating group) is 1. The van der Waals surface area contributed by atoms with E-state index in [0.29, 0.717) is 28.4 Å². The van der Waals surface area contributed by atoms with Crippen LogP contribution < -0.4 is 15.5 Å². The molecule has 0 aliphatic rings. The Morgan fingerprint density at radius 3 is 2.73 bits per heavy atom. The molecule has 0 bridgehead atoms. The summed E-state index contributed by atoms with van der Waals surface area (Å²) in [6.07, 6.45) is 1.29. The van der Waals surface area contributed by atoms with Crippen LogP contribution in [0.25, 0.3) is 0 Å². The zero-order valence-electron chi connectivity index (χ0n) is 14.0. The Bertz CT molecular complexity index is 827. The molecule has 0 fully saturated rings. The smallest absolute Gasteiger partial charge is 0.329 e. The molecule has 0 aromatic heterocycles. The van der Waals surface area contributed by atoms with E-state index in [2.05, 4.69) is 15.8 Å². The molecule has 0 atom stereocenters. The third kappa shape index (κ3) is 5.56. The molecule has 0 saturated heterocycles. The van der Waals surface area contributed by atoms with Gasteiger partial charge in [-0.3, -0.25) is 9.59 Å². The molecule has 0 aliphatic carbocycles. The Morgan fingerprint density at radius 1 is 1.23 bits per heavy atom. The molecule has 0 spiro atoms. The van der Waals surface area contributed by atoms with Crippen LogP contribution in [-0.4, -0.2) is 24.6 Å². The highest BCUT2D eigenvalue weighted by Gasteiger charge is 2.11.